The first-order valence-electron chi connectivity index (χ1n) is 9.53. The third-order valence-electron chi connectivity index (χ3n) is 5.67. The lowest BCUT2D eigenvalue weighted by Crippen LogP contribution is -2.46. The predicted octanol–water partition coefficient (Wildman–Crippen LogP) is 1.02. The van der Waals surface area contributed by atoms with E-state index in [0.717, 1.165) is 23.3 Å². The number of carbonyl (C=O) groups is 5. The molecule has 1 atom stereocenters. The summed E-state index contributed by atoms with van der Waals surface area (Å²) in [4.78, 5) is 61.3. The molecule has 4 rings (SSSR count). The second-order valence-corrected chi connectivity index (χ2v) is 7.80. The van der Waals surface area contributed by atoms with E-state index >= 15 is 0 Å². The highest BCUT2D eigenvalue weighted by Gasteiger charge is 2.56. The molecular weight excluding hydrogens is 378 g/mol. The number of aryl methyl sites for hydroxylation is 1. The lowest BCUT2D eigenvalue weighted by atomic mass is 9.96. The van der Waals surface area contributed by atoms with Crippen molar-refractivity contribution < 1.29 is 28.7 Å². The van der Waals surface area contributed by atoms with E-state index in [1.165, 1.54) is 0 Å². The molecule has 1 saturated heterocycles. The van der Waals surface area contributed by atoms with E-state index in [1.54, 1.807) is 25.1 Å². The molecule has 0 bridgehead atoms. The number of ketones is 1. The van der Waals surface area contributed by atoms with Gasteiger partial charge >= 0.3 is 12.0 Å². The van der Waals surface area contributed by atoms with Gasteiger partial charge in [-0.15, -0.1) is 0 Å². The maximum absolute atomic E-state index is 12.5. The highest BCUT2D eigenvalue weighted by Crippen LogP contribution is 2.42. The summed E-state index contributed by atoms with van der Waals surface area (Å²) in [6.07, 6.45) is 2.61. The minimum Gasteiger partial charge on any atom is -0.456 e. The van der Waals surface area contributed by atoms with Crippen molar-refractivity contribution in [2.75, 3.05) is 18.5 Å². The van der Waals surface area contributed by atoms with Crippen LogP contribution in [0.2, 0.25) is 0 Å². The predicted molar refractivity (Wildman–Crippen MR) is 100 cm³/mol. The molecule has 2 heterocycles. The number of benzene rings is 1. The summed E-state index contributed by atoms with van der Waals surface area (Å²) in [6, 6.07) is 4.25. The van der Waals surface area contributed by atoms with Crippen molar-refractivity contribution in [3.05, 3.63) is 29.3 Å². The van der Waals surface area contributed by atoms with E-state index in [2.05, 4.69) is 10.6 Å². The molecule has 4 amide bonds. The number of hydrogen-bond acceptors (Lipinski definition) is 6. The zero-order valence-corrected chi connectivity index (χ0v) is 15.9. The number of urea groups is 1. The molecular formula is C20H21N3O6. The van der Waals surface area contributed by atoms with Gasteiger partial charge < -0.3 is 15.4 Å². The number of Topliss-reactive ketones (excluding diaryl/α,β-unsaturated/α-hetero) is 1. The van der Waals surface area contributed by atoms with Gasteiger partial charge in [-0.05, 0) is 55.9 Å². The zero-order chi connectivity index (χ0) is 20.8. The van der Waals surface area contributed by atoms with Crippen LogP contribution in [0.4, 0.5) is 10.5 Å². The molecule has 0 unspecified atom stereocenters. The molecule has 0 spiro atoms. The second kappa shape index (κ2) is 6.98. The van der Waals surface area contributed by atoms with Crippen molar-refractivity contribution >= 4 is 35.3 Å². The summed E-state index contributed by atoms with van der Waals surface area (Å²) >= 11 is 0. The van der Waals surface area contributed by atoms with Crippen molar-refractivity contribution in [2.45, 2.75) is 38.1 Å². The Bertz CT molecular complexity index is 938. The van der Waals surface area contributed by atoms with Crippen LogP contribution in [-0.2, 0) is 25.5 Å². The smallest absolute Gasteiger partial charge is 0.326 e. The third-order valence-corrected chi connectivity index (χ3v) is 5.67. The second-order valence-electron chi connectivity index (χ2n) is 7.80. The molecule has 29 heavy (non-hydrogen) atoms. The average Bonchev–Trinajstić information content (AvgIpc) is 3.52. The molecule has 1 aromatic rings. The van der Waals surface area contributed by atoms with Crippen LogP contribution < -0.4 is 10.6 Å². The van der Waals surface area contributed by atoms with Gasteiger partial charge in [0.15, 0.2) is 12.4 Å². The van der Waals surface area contributed by atoms with Crippen LogP contribution in [0, 0.1) is 5.92 Å². The van der Waals surface area contributed by atoms with Gasteiger partial charge in [0.05, 0.1) is 0 Å². The van der Waals surface area contributed by atoms with Crippen LogP contribution in [0.25, 0.3) is 0 Å². The van der Waals surface area contributed by atoms with Crippen LogP contribution in [0.15, 0.2) is 18.2 Å². The fourth-order valence-electron chi connectivity index (χ4n) is 3.76. The Hall–Kier alpha value is -3.23. The molecule has 2 aliphatic heterocycles. The number of ether oxygens (including phenoxy) is 1. The summed E-state index contributed by atoms with van der Waals surface area (Å²) in [6.45, 7) is 0.641. The summed E-state index contributed by atoms with van der Waals surface area (Å²) < 4.78 is 4.99. The average molecular weight is 399 g/mol. The molecule has 1 aromatic carbocycles. The Morgan fingerprint density at radius 1 is 1.21 bits per heavy atom. The molecule has 9 nitrogen and oxygen atoms in total. The normalized spacial score (nSPS) is 23.3. The number of nitrogens with zero attached hydrogens (tertiary/aromatic N) is 1. The third kappa shape index (κ3) is 3.59. The first-order valence-corrected chi connectivity index (χ1v) is 9.53. The van der Waals surface area contributed by atoms with E-state index in [0.29, 0.717) is 24.1 Å². The lowest BCUT2D eigenvalue weighted by Gasteiger charge is -2.20. The molecule has 0 radical (unpaired) electrons. The van der Waals surface area contributed by atoms with Gasteiger partial charge in [0.2, 0.25) is 5.91 Å². The fraction of sp³-hybridized carbons (Fsp3) is 0.450. The van der Waals surface area contributed by atoms with Gasteiger partial charge in [0.1, 0.15) is 12.1 Å². The summed E-state index contributed by atoms with van der Waals surface area (Å²) in [5.41, 5.74) is 0.919. The number of amides is 4. The van der Waals surface area contributed by atoms with E-state index in [4.69, 9.17) is 4.74 Å². The lowest BCUT2D eigenvalue weighted by molar-refractivity contribution is -0.146. The Morgan fingerprint density at radius 3 is 2.69 bits per heavy atom. The van der Waals surface area contributed by atoms with Crippen molar-refractivity contribution in [3.63, 3.8) is 0 Å². The summed E-state index contributed by atoms with van der Waals surface area (Å²) in [5.74, 6) is -1.64. The molecule has 1 aliphatic carbocycles. The summed E-state index contributed by atoms with van der Waals surface area (Å²) in [5, 5.41) is 5.39. The number of fused-ring (bicyclic) bond motifs is 1. The van der Waals surface area contributed by atoms with E-state index in [1.807, 2.05) is 0 Å². The molecule has 1 saturated carbocycles. The highest BCUT2D eigenvalue weighted by molar-refractivity contribution is 6.09. The Morgan fingerprint density at radius 2 is 1.97 bits per heavy atom. The topological polar surface area (TPSA) is 122 Å². The molecule has 9 heteroatoms. The van der Waals surface area contributed by atoms with Crippen molar-refractivity contribution in [1.82, 2.24) is 10.2 Å². The first kappa shape index (κ1) is 19.1. The number of nitrogens with one attached hydrogen (secondary N) is 2. The monoisotopic (exact) mass is 399 g/mol. The number of imide groups is 1. The van der Waals surface area contributed by atoms with Gasteiger partial charge in [0.25, 0.3) is 5.91 Å². The molecule has 2 fully saturated rings. The van der Waals surface area contributed by atoms with Crippen molar-refractivity contribution in [2.24, 2.45) is 5.92 Å². The minimum atomic E-state index is -0.967. The Balaban J connectivity index is 1.33. The van der Waals surface area contributed by atoms with Crippen molar-refractivity contribution in [3.8, 4) is 0 Å². The maximum Gasteiger partial charge on any atom is 0.326 e. The Labute approximate surface area is 166 Å². The quantitative estimate of drug-likeness (QED) is 0.418. The number of esters is 1. The molecule has 0 aromatic heterocycles. The number of rotatable bonds is 6. The van der Waals surface area contributed by atoms with Gasteiger partial charge in [0, 0.05) is 17.7 Å². The van der Waals surface area contributed by atoms with Crippen LogP contribution in [0.1, 0.15) is 42.1 Å². The van der Waals surface area contributed by atoms with Gasteiger partial charge in [-0.3, -0.25) is 24.1 Å². The van der Waals surface area contributed by atoms with Gasteiger partial charge in [-0.2, -0.15) is 0 Å². The van der Waals surface area contributed by atoms with Crippen LogP contribution in [-0.4, -0.2) is 53.2 Å². The van der Waals surface area contributed by atoms with Crippen molar-refractivity contribution in [1.29, 1.82) is 0 Å². The molecule has 152 valence electrons. The largest absolute Gasteiger partial charge is 0.456 e. The number of hydrogen-bond donors (Lipinski definition) is 2. The Kier molecular flexibility index (Phi) is 4.60. The molecule has 2 N–H and O–H groups in total. The van der Waals surface area contributed by atoms with E-state index < -0.39 is 42.4 Å². The van der Waals surface area contributed by atoms with E-state index in [9.17, 15) is 24.0 Å². The number of carbonyl (C=O) groups excluding carboxylic acids is 5. The maximum atomic E-state index is 12.5. The minimum absolute atomic E-state index is 0.0659. The summed E-state index contributed by atoms with van der Waals surface area (Å²) in [7, 11) is 0. The van der Waals surface area contributed by atoms with Crippen LogP contribution in [0.3, 0.4) is 0 Å². The number of anilines is 1. The fourth-order valence-corrected chi connectivity index (χ4v) is 3.76. The SMILES string of the molecule is C[C@@]1(C2CC2)NC(=O)N(CC(=O)OCC(=O)c2ccc3c(c2)CCC(=O)N3)C1=O. The zero-order valence-electron chi connectivity index (χ0n) is 15.9. The van der Waals surface area contributed by atoms with E-state index in [-0.39, 0.29) is 11.8 Å². The molecule has 3 aliphatic rings. The van der Waals surface area contributed by atoms with Gasteiger partial charge in [-0.25, -0.2) is 4.79 Å². The van der Waals surface area contributed by atoms with Gasteiger partial charge in [-0.1, -0.05) is 0 Å². The first-order chi connectivity index (χ1) is 13.8. The van der Waals surface area contributed by atoms with Crippen LogP contribution >= 0.6 is 0 Å². The highest BCUT2D eigenvalue weighted by atomic mass is 16.5. The van der Waals surface area contributed by atoms with Crippen LogP contribution in [0.5, 0.6) is 0 Å². The standard InChI is InChI=1S/C20H21N3O6/c1-20(13-4-5-13)18(27)23(19(28)22-20)9-17(26)29-10-15(24)12-2-6-14-11(8-12)3-7-16(25)21-14/h2,6,8,13H,3-5,7,9-10H2,1H3,(H,21,25)(H,22,28)/t20-/m0/s1.